The zero-order chi connectivity index (χ0) is 13.2. The Balaban J connectivity index is 1.83. The van der Waals surface area contributed by atoms with E-state index < -0.39 is 6.10 Å². The standard InChI is InChI=1S/C15H13NO3/c1-10-6-11(8-16-7-10)15(17)14-9-18-12-4-2-3-5-13(12)19-14/h2-8,14H,9H2,1H3. The van der Waals surface area contributed by atoms with Gasteiger partial charge in [0, 0.05) is 18.0 Å². The number of hydrogen-bond donors (Lipinski definition) is 0. The molecule has 1 aromatic carbocycles. The Morgan fingerprint density at radius 3 is 2.84 bits per heavy atom. The van der Waals surface area contributed by atoms with E-state index in [1.807, 2.05) is 25.1 Å². The molecule has 1 unspecified atom stereocenters. The topological polar surface area (TPSA) is 48.4 Å². The van der Waals surface area contributed by atoms with E-state index in [2.05, 4.69) is 4.98 Å². The summed E-state index contributed by atoms with van der Waals surface area (Å²) >= 11 is 0. The van der Waals surface area contributed by atoms with E-state index in [0.29, 0.717) is 17.1 Å². The number of Topliss-reactive ketones (excluding diaryl/α,β-unsaturated/α-hetero) is 1. The van der Waals surface area contributed by atoms with Gasteiger partial charge in [-0.15, -0.1) is 0 Å². The number of fused-ring (bicyclic) bond motifs is 1. The molecular weight excluding hydrogens is 242 g/mol. The first kappa shape index (κ1) is 11.7. The minimum absolute atomic E-state index is 0.106. The van der Waals surface area contributed by atoms with Crippen LogP contribution in [-0.4, -0.2) is 23.5 Å². The van der Waals surface area contributed by atoms with Crippen LogP contribution in [0.5, 0.6) is 11.5 Å². The molecule has 0 N–H and O–H groups in total. The second-order valence-electron chi connectivity index (χ2n) is 4.48. The highest BCUT2D eigenvalue weighted by molar-refractivity contribution is 5.99. The van der Waals surface area contributed by atoms with E-state index >= 15 is 0 Å². The average molecular weight is 255 g/mol. The number of aromatic nitrogens is 1. The quantitative estimate of drug-likeness (QED) is 0.773. The van der Waals surface area contributed by atoms with Crippen molar-refractivity contribution < 1.29 is 14.3 Å². The van der Waals surface area contributed by atoms with Crippen molar-refractivity contribution in [1.29, 1.82) is 0 Å². The van der Waals surface area contributed by atoms with Gasteiger partial charge in [-0.1, -0.05) is 12.1 Å². The van der Waals surface area contributed by atoms with Crippen molar-refractivity contribution in [2.45, 2.75) is 13.0 Å². The molecule has 1 atom stereocenters. The lowest BCUT2D eigenvalue weighted by Crippen LogP contribution is -2.36. The Hall–Kier alpha value is -2.36. The molecule has 96 valence electrons. The Kier molecular flexibility index (Phi) is 2.91. The average Bonchev–Trinajstić information content (AvgIpc) is 2.46. The van der Waals surface area contributed by atoms with Crippen LogP contribution < -0.4 is 9.47 Å². The van der Waals surface area contributed by atoms with Crippen LogP contribution in [0.25, 0.3) is 0 Å². The van der Waals surface area contributed by atoms with E-state index in [1.54, 1.807) is 24.5 Å². The second kappa shape index (κ2) is 4.72. The molecule has 4 heteroatoms. The van der Waals surface area contributed by atoms with E-state index in [0.717, 1.165) is 5.56 Å². The highest BCUT2D eigenvalue weighted by atomic mass is 16.6. The summed E-state index contributed by atoms with van der Waals surface area (Å²) in [7, 11) is 0. The number of aryl methyl sites for hydroxylation is 1. The maximum Gasteiger partial charge on any atom is 0.208 e. The maximum atomic E-state index is 12.3. The molecule has 1 aliphatic heterocycles. The monoisotopic (exact) mass is 255 g/mol. The summed E-state index contributed by atoms with van der Waals surface area (Å²) in [4.78, 5) is 16.3. The van der Waals surface area contributed by atoms with E-state index in [4.69, 9.17) is 9.47 Å². The largest absolute Gasteiger partial charge is 0.485 e. The number of para-hydroxylation sites is 2. The van der Waals surface area contributed by atoms with Gasteiger partial charge in [0.2, 0.25) is 5.78 Å². The molecular formula is C15H13NO3. The molecule has 3 rings (SSSR count). The summed E-state index contributed by atoms with van der Waals surface area (Å²) in [6, 6.07) is 9.14. The molecule has 0 fully saturated rings. The van der Waals surface area contributed by atoms with Crippen molar-refractivity contribution in [2.75, 3.05) is 6.61 Å². The summed E-state index contributed by atoms with van der Waals surface area (Å²) in [6.07, 6.45) is 2.65. The second-order valence-corrected chi connectivity index (χ2v) is 4.48. The van der Waals surface area contributed by atoms with Gasteiger partial charge >= 0.3 is 0 Å². The number of pyridine rings is 1. The van der Waals surface area contributed by atoms with Crippen molar-refractivity contribution >= 4 is 5.78 Å². The highest BCUT2D eigenvalue weighted by Crippen LogP contribution is 2.31. The van der Waals surface area contributed by atoms with Gasteiger partial charge in [0.25, 0.3) is 0 Å². The molecule has 0 amide bonds. The normalized spacial score (nSPS) is 17.0. The zero-order valence-electron chi connectivity index (χ0n) is 10.5. The molecule has 0 saturated heterocycles. The van der Waals surface area contributed by atoms with Crippen LogP contribution in [0.1, 0.15) is 15.9 Å². The fourth-order valence-corrected chi connectivity index (χ4v) is 2.02. The summed E-state index contributed by atoms with van der Waals surface area (Å²) < 4.78 is 11.2. The first-order valence-corrected chi connectivity index (χ1v) is 6.08. The number of carbonyl (C=O) groups is 1. The minimum Gasteiger partial charge on any atom is -0.485 e. The number of ether oxygens (including phenoxy) is 2. The highest BCUT2D eigenvalue weighted by Gasteiger charge is 2.28. The van der Waals surface area contributed by atoms with Crippen LogP contribution in [0.15, 0.2) is 42.7 Å². The van der Waals surface area contributed by atoms with Crippen molar-refractivity contribution in [1.82, 2.24) is 4.98 Å². The van der Waals surface area contributed by atoms with Gasteiger partial charge in [-0.2, -0.15) is 0 Å². The van der Waals surface area contributed by atoms with Crippen LogP contribution in [0.4, 0.5) is 0 Å². The van der Waals surface area contributed by atoms with Crippen molar-refractivity contribution in [2.24, 2.45) is 0 Å². The molecule has 2 aromatic rings. The maximum absolute atomic E-state index is 12.3. The smallest absolute Gasteiger partial charge is 0.208 e. The molecule has 0 bridgehead atoms. The Labute approximate surface area is 111 Å². The predicted molar refractivity (Wildman–Crippen MR) is 69.7 cm³/mol. The zero-order valence-corrected chi connectivity index (χ0v) is 10.5. The van der Waals surface area contributed by atoms with Crippen LogP contribution in [0, 0.1) is 6.92 Å². The molecule has 1 aliphatic rings. The van der Waals surface area contributed by atoms with Crippen LogP contribution in [-0.2, 0) is 0 Å². The third kappa shape index (κ3) is 2.29. The van der Waals surface area contributed by atoms with Gasteiger partial charge in [-0.3, -0.25) is 9.78 Å². The molecule has 0 radical (unpaired) electrons. The van der Waals surface area contributed by atoms with Gasteiger partial charge in [0.15, 0.2) is 17.6 Å². The molecule has 4 nitrogen and oxygen atoms in total. The summed E-state index contributed by atoms with van der Waals surface area (Å²) in [5, 5.41) is 0. The van der Waals surface area contributed by atoms with E-state index in [-0.39, 0.29) is 12.4 Å². The van der Waals surface area contributed by atoms with Crippen LogP contribution in [0.2, 0.25) is 0 Å². The molecule has 0 aliphatic carbocycles. The minimum atomic E-state index is -0.613. The molecule has 1 aromatic heterocycles. The fraction of sp³-hybridized carbons (Fsp3) is 0.200. The Morgan fingerprint density at radius 1 is 1.26 bits per heavy atom. The first-order valence-electron chi connectivity index (χ1n) is 6.08. The summed E-state index contributed by atoms with van der Waals surface area (Å²) in [5.74, 6) is 1.17. The van der Waals surface area contributed by atoms with Gasteiger partial charge in [0.1, 0.15) is 6.61 Å². The summed E-state index contributed by atoms with van der Waals surface area (Å²) in [6.45, 7) is 2.13. The molecule has 0 spiro atoms. The van der Waals surface area contributed by atoms with E-state index in [9.17, 15) is 4.79 Å². The number of ketones is 1. The number of benzene rings is 1. The Morgan fingerprint density at radius 2 is 2.05 bits per heavy atom. The lowest BCUT2D eigenvalue weighted by Gasteiger charge is -2.25. The van der Waals surface area contributed by atoms with Gasteiger partial charge in [-0.25, -0.2) is 0 Å². The molecule has 2 heterocycles. The van der Waals surface area contributed by atoms with Crippen molar-refractivity contribution in [3.05, 3.63) is 53.9 Å². The summed E-state index contributed by atoms with van der Waals surface area (Å²) in [5.41, 5.74) is 1.50. The van der Waals surface area contributed by atoms with Crippen LogP contribution in [0.3, 0.4) is 0 Å². The molecule has 19 heavy (non-hydrogen) atoms. The van der Waals surface area contributed by atoms with Crippen LogP contribution >= 0.6 is 0 Å². The van der Waals surface area contributed by atoms with E-state index in [1.165, 1.54) is 0 Å². The SMILES string of the molecule is Cc1cncc(C(=O)C2COc3ccccc3O2)c1. The third-order valence-electron chi connectivity index (χ3n) is 2.96. The third-order valence-corrected chi connectivity index (χ3v) is 2.96. The number of rotatable bonds is 2. The van der Waals surface area contributed by atoms with Crippen molar-refractivity contribution in [3.63, 3.8) is 0 Å². The van der Waals surface area contributed by atoms with Gasteiger partial charge < -0.3 is 9.47 Å². The number of hydrogen-bond acceptors (Lipinski definition) is 4. The van der Waals surface area contributed by atoms with Gasteiger partial charge in [0.05, 0.1) is 0 Å². The number of carbonyl (C=O) groups excluding carboxylic acids is 1. The lowest BCUT2D eigenvalue weighted by atomic mass is 10.1. The lowest BCUT2D eigenvalue weighted by molar-refractivity contribution is 0.0585. The predicted octanol–water partition coefficient (Wildman–Crippen LogP) is 2.41. The fourth-order valence-electron chi connectivity index (χ4n) is 2.02. The van der Waals surface area contributed by atoms with Gasteiger partial charge in [-0.05, 0) is 30.7 Å². The number of nitrogens with zero attached hydrogens (tertiary/aromatic N) is 1. The molecule has 0 saturated carbocycles. The first-order chi connectivity index (χ1) is 9.24. The Bertz CT molecular complexity index is 624. The van der Waals surface area contributed by atoms with Crippen molar-refractivity contribution in [3.8, 4) is 11.5 Å².